The zero-order valence-electron chi connectivity index (χ0n) is 17.5. The Labute approximate surface area is 171 Å². The molecule has 0 fully saturated rings. The van der Waals surface area contributed by atoms with E-state index in [1.54, 1.807) is 12.1 Å². The molecule has 0 atom stereocenters. The van der Waals surface area contributed by atoms with Crippen LogP contribution in [0.3, 0.4) is 0 Å². The van der Waals surface area contributed by atoms with Gasteiger partial charge in [0.25, 0.3) is 8.53 Å². The van der Waals surface area contributed by atoms with Gasteiger partial charge in [-0.05, 0) is 69.1 Å². The van der Waals surface area contributed by atoms with E-state index in [-0.39, 0.29) is 5.56 Å². The molecule has 0 radical (unpaired) electrons. The summed E-state index contributed by atoms with van der Waals surface area (Å²) in [6.07, 6.45) is 0. The minimum Gasteiger partial charge on any atom is -0.478 e. The molecule has 2 aromatic carbocycles. The minimum absolute atomic E-state index is 0.268. The molecule has 0 aliphatic carbocycles. The van der Waals surface area contributed by atoms with Crippen LogP contribution in [0.5, 0.6) is 0 Å². The lowest BCUT2D eigenvalue weighted by Gasteiger charge is -2.38. The van der Waals surface area contributed by atoms with Crippen molar-refractivity contribution in [3.63, 3.8) is 0 Å². The fraction of sp³-hybridized carbons (Fsp3) is 0.350. The summed E-state index contributed by atoms with van der Waals surface area (Å²) in [6, 6.07) is 17.1. The van der Waals surface area contributed by atoms with Crippen molar-refractivity contribution in [1.29, 1.82) is 0 Å². The molecule has 152 valence electrons. The Morgan fingerprint density at radius 2 is 1.39 bits per heavy atom. The number of carboxylic acids is 1. The van der Waals surface area contributed by atoms with Gasteiger partial charge in [0.2, 0.25) is 0 Å². The van der Waals surface area contributed by atoms with E-state index in [0.717, 1.165) is 11.3 Å². The second-order valence-corrected chi connectivity index (χ2v) is 19.4. The number of aromatic carboxylic acids is 1. The third kappa shape index (κ3) is 7.49. The van der Waals surface area contributed by atoms with Crippen LogP contribution < -0.4 is 4.67 Å². The van der Waals surface area contributed by atoms with Crippen LogP contribution in [0.15, 0.2) is 54.6 Å². The number of rotatable bonds is 9. The average molecular weight is 436 g/mol. The first-order valence-electron chi connectivity index (χ1n) is 9.28. The maximum Gasteiger partial charge on any atom is 0.335 e. The molecule has 0 aromatic heterocycles. The lowest BCUT2D eigenvalue weighted by atomic mass is 10.2. The van der Waals surface area contributed by atoms with Gasteiger partial charge in [-0.15, -0.1) is 0 Å². The van der Waals surface area contributed by atoms with Crippen LogP contribution >= 0.6 is 8.53 Å². The Hall–Kier alpha value is -1.51. The third-order valence-electron chi connectivity index (χ3n) is 3.49. The maximum atomic E-state index is 11.2. The van der Waals surface area contributed by atoms with Crippen LogP contribution in [0.1, 0.15) is 15.9 Å². The van der Waals surface area contributed by atoms with E-state index in [1.807, 2.05) is 30.3 Å². The quantitative estimate of drug-likeness (QED) is 0.369. The summed E-state index contributed by atoms with van der Waals surface area (Å²) >= 11 is 0. The highest BCUT2D eigenvalue weighted by atomic mass is 31.2. The van der Waals surface area contributed by atoms with E-state index in [9.17, 15) is 9.90 Å². The molecule has 5 nitrogen and oxygen atoms in total. The van der Waals surface area contributed by atoms with E-state index in [2.05, 4.69) is 56.1 Å². The van der Waals surface area contributed by atoms with Crippen LogP contribution in [-0.2, 0) is 15.0 Å². The van der Waals surface area contributed by atoms with Gasteiger partial charge < -0.3 is 18.2 Å². The largest absolute Gasteiger partial charge is 0.478 e. The second kappa shape index (κ2) is 9.33. The Morgan fingerprint density at radius 1 is 0.893 bits per heavy atom. The number of nitrogens with zero attached hydrogens (tertiary/aromatic N) is 1. The zero-order chi connectivity index (χ0) is 20.9. The predicted octanol–water partition coefficient (Wildman–Crippen LogP) is 6.32. The second-order valence-electron chi connectivity index (χ2n) is 8.54. The molecule has 0 amide bonds. The smallest absolute Gasteiger partial charge is 0.335 e. The van der Waals surface area contributed by atoms with Crippen molar-refractivity contribution in [2.45, 2.75) is 45.8 Å². The first kappa shape index (κ1) is 22.8. The standard InChI is InChI=1S/C20H30NO4PSi2/c1-27(2,3)24-26(25-28(4,5)6)21(16-17-10-8-7-9-11-17)19-14-12-18(13-15-19)20(22)23/h7-15H,16H2,1-6H3,(H,22,23). The molecule has 28 heavy (non-hydrogen) atoms. The fourth-order valence-electron chi connectivity index (χ4n) is 2.36. The summed E-state index contributed by atoms with van der Waals surface area (Å²) in [6.45, 7) is 13.6. The number of benzene rings is 2. The molecular formula is C20H30NO4PSi2. The first-order valence-corrected chi connectivity index (χ1v) is 17.2. The summed E-state index contributed by atoms with van der Waals surface area (Å²) in [4.78, 5) is 11.2. The number of carbonyl (C=O) groups is 1. The van der Waals surface area contributed by atoms with Gasteiger partial charge in [-0.1, -0.05) is 30.3 Å². The number of anilines is 1. The Bertz CT molecular complexity index is 758. The number of carboxylic acid groups (broad SMARTS) is 1. The number of hydrogen-bond donors (Lipinski definition) is 1. The molecule has 0 aliphatic rings. The Balaban J connectivity index is 2.44. The maximum absolute atomic E-state index is 11.2. The molecular weight excluding hydrogens is 405 g/mol. The van der Waals surface area contributed by atoms with Crippen molar-refractivity contribution < 1.29 is 18.3 Å². The SMILES string of the molecule is C[Si](C)(C)OP(O[Si](C)(C)C)N(Cc1ccccc1)c1ccc(C(=O)O)cc1. The highest BCUT2D eigenvalue weighted by Gasteiger charge is 2.33. The molecule has 0 saturated heterocycles. The zero-order valence-corrected chi connectivity index (χ0v) is 20.4. The van der Waals surface area contributed by atoms with Crippen molar-refractivity contribution in [3.8, 4) is 0 Å². The van der Waals surface area contributed by atoms with Gasteiger partial charge in [0.1, 0.15) is 0 Å². The lowest BCUT2D eigenvalue weighted by molar-refractivity contribution is 0.0697. The molecule has 8 heteroatoms. The van der Waals surface area contributed by atoms with Crippen molar-refractivity contribution in [1.82, 2.24) is 0 Å². The highest BCUT2D eigenvalue weighted by Crippen LogP contribution is 2.51. The van der Waals surface area contributed by atoms with Gasteiger partial charge in [-0.25, -0.2) is 4.79 Å². The monoisotopic (exact) mass is 435 g/mol. The molecule has 0 spiro atoms. The molecule has 0 aliphatic heterocycles. The van der Waals surface area contributed by atoms with Gasteiger partial charge in [0.15, 0.2) is 16.6 Å². The highest BCUT2D eigenvalue weighted by molar-refractivity contribution is 7.52. The molecule has 0 unspecified atom stereocenters. The lowest BCUT2D eigenvalue weighted by Crippen LogP contribution is -2.33. The van der Waals surface area contributed by atoms with Crippen LogP contribution in [0.25, 0.3) is 0 Å². The van der Waals surface area contributed by atoms with Crippen LogP contribution in [0.4, 0.5) is 5.69 Å². The first-order chi connectivity index (χ1) is 12.9. The summed E-state index contributed by atoms with van der Waals surface area (Å²) in [7, 11) is -5.06. The van der Waals surface area contributed by atoms with Gasteiger partial charge in [0.05, 0.1) is 12.1 Å². The van der Waals surface area contributed by atoms with Gasteiger partial charge in [-0.3, -0.25) is 0 Å². The number of hydrogen-bond acceptors (Lipinski definition) is 4. The molecule has 2 aromatic rings. The molecule has 0 heterocycles. The molecule has 2 rings (SSSR count). The van der Waals surface area contributed by atoms with Crippen molar-refractivity contribution in [2.24, 2.45) is 0 Å². The Kier molecular flexibility index (Phi) is 7.59. The molecule has 0 bridgehead atoms. The minimum atomic E-state index is -1.87. The van der Waals surface area contributed by atoms with Crippen LogP contribution in [0, 0.1) is 0 Å². The fourth-order valence-corrected chi connectivity index (χ4v) is 7.98. The van der Waals surface area contributed by atoms with Crippen molar-refractivity contribution >= 4 is 36.8 Å². The van der Waals surface area contributed by atoms with Gasteiger partial charge in [0, 0.05) is 5.69 Å². The van der Waals surface area contributed by atoms with E-state index < -0.39 is 31.1 Å². The van der Waals surface area contributed by atoms with Gasteiger partial charge >= 0.3 is 5.97 Å². The summed E-state index contributed by atoms with van der Waals surface area (Å²) in [5.41, 5.74) is 2.32. The normalized spacial score (nSPS) is 12.2. The summed E-state index contributed by atoms with van der Waals surface area (Å²) in [5.74, 6) is -0.930. The summed E-state index contributed by atoms with van der Waals surface area (Å²) in [5, 5.41) is 9.22. The van der Waals surface area contributed by atoms with Crippen molar-refractivity contribution in [2.75, 3.05) is 4.67 Å². The van der Waals surface area contributed by atoms with E-state index >= 15 is 0 Å². The Morgan fingerprint density at radius 3 is 1.82 bits per heavy atom. The topological polar surface area (TPSA) is 59.0 Å². The molecule has 1 N–H and O–H groups in total. The van der Waals surface area contributed by atoms with Crippen LogP contribution in [0.2, 0.25) is 39.3 Å². The van der Waals surface area contributed by atoms with Crippen LogP contribution in [-0.4, -0.2) is 27.7 Å². The summed E-state index contributed by atoms with van der Waals surface area (Å²) < 4.78 is 15.2. The predicted molar refractivity (Wildman–Crippen MR) is 122 cm³/mol. The van der Waals surface area contributed by atoms with E-state index in [0.29, 0.717) is 6.54 Å². The third-order valence-corrected chi connectivity index (χ3v) is 9.89. The van der Waals surface area contributed by atoms with E-state index in [4.69, 9.17) is 8.43 Å². The molecule has 0 saturated carbocycles. The van der Waals surface area contributed by atoms with Crippen molar-refractivity contribution in [3.05, 3.63) is 65.7 Å². The van der Waals surface area contributed by atoms with Gasteiger partial charge in [-0.2, -0.15) is 0 Å². The van der Waals surface area contributed by atoms with E-state index in [1.165, 1.54) is 0 Å². The average Bonchev–Trinajstić information content (AvgIpc) is 2.57.